The van der Waals surface area contributed by atoms with E-state index in [0.717, 1.165) is 33.9 Å². The zero-order valence-electron chi connectivity index (χ0n) is 11.8. The van der Waals surface area contributed by atoms with Crippen LogP contribution in [0.15, 0.2) is 48.8 Å². The highest BCUT2D eigenvalue weighted by atomic mass is 16.5. The first-order valence-electron chi connectivity index (χ1n) is 6.50. The summed E-state index contributed by atoms with van der Waals surface area (Å²) in [5.74, 6) is 2.31. The Morgan fingerprint density at radius 2 is 1.71 bits per heavy atom. The summed E-state index contributed by atoms with van der Waals surface area (Å²) in [4.78, 5) is 8.58. The molecule has 3 aromatic rings. The summed E-state index contributed by atoms with van der Waals surface area (Å²) in [5, 5.41) is 4.22. The van der Waals surface area contributed by atoms with Crippen LogP contribution >= 0.6 is 0 Å². The second-order valence-corrected chi connectivity index (χ2v) is 4.46. The molecule has 0 atom stereocenters. The highest BCUT2D eigenvalue weighted by Gasteiger charge is 2.06. The third kappa shape index (κ3) is 2.72. The van der Waals surface area contributed by atoms with Crippen molar-refractivity contribution in [3.63, 3.8) is 0 Å². The van der Waals surface area contributed by atoms with E-state index < -0.39 is 0 Å². The van der Waals surface area contributed by atoms with Crippen molar-refractivity contribution in [3.8, 4) is 11.5 Å². The van der Waals surface area contributed by atoms with Crippen molar-refractivity contribution in [3.05, 3.63) is 48.8 Å². The van der Waals surface area contributed by atoms with Crippen molar-refractivity contribution in [2.24, 2.45) is 0 Å². The van der Waals surface area contributed by atoms with Gasteiger partial charge in [-0.15, -0.1) is 0 Å². The molecule has 1 aromatic heterocycles. The first-order chi connectivity index (χ1) is 10.3. The number of rotatable bonds is 4. The topological polar surface area (TPSA) is 56.3 Å². The lowest BCUT2D eigenvalue weighted by molar-refractivity contribution is 0.415. The van der Waals surface area contributed by atoms with Gasteiger partial charge < -0.3 is 14.8 Å². The smallest absolute Gasteiger partial charge is 0.141 e. The Labute approximate surface area is 122 Å². The summed E-state index contributed by atoms with van der Waals surface area (Å²) < 4.78 is 10.4. The van der Waals surface area contributed by atoms with Crippen LogP contribution in [0.5, 0.6) is 11.5 Å². The Hall–Kier alpha value is -2.82. The largest absolute Gasteiger partial charge is 0.497 e. The van der Waals surface area contributed by atoms with Gasteiger partial charge in [-0.1, -0.05) is 6.07 Å². The number of hydrogen-bond donors (Lipinski definition) is 1. The lowest BCUT2D eigenvalue weighted by Crippen LogP contribution is -1.96. The average Bonchev–Trinajstić information content (AvgIpc) is 2.55. The zero-order chi connectivity index (χ0) is 14.7. The minimum absolute atomic E-state index is 0.746. The van der Waals surface area contributed by atoms with E-state index in [1.807, 2.05) is 42.5 Å². The third-order valence-electron chi connectivity index (χ3n) is 3.18. The molecular weight excluding hydrogens is 266 g/mol. The first-order valence-corrected chi connectivity index (χ1v) is 6.50. The molecule has 0 saturated carbocycles. The molecule has 0 unspecified atom stereocenters. The van der Waals surface area contributed by atoms with E-state index in [-0.39, 0.29) is 0 Å². The maximum Gasteiger partial charge on any atom is 0.141 e. The Balaban J connectivity index is 2.00. The number of fused-ring (bicyclic) bond motifs is 1. The number of ether oxygens (including phenoxy) is 2. The summed E-state index contributed by atoms with van der Waals surface area (Å²) in [6.45, 7) is 0. The van der Waals surface area contributed by atoms with Gasteiger partial charge in [0.1, 0.15) is 23.6 Å². The minimum Gasteiger partial charge on any atom is -0.497 e. The SMILES string of the molecule is COc1cccc(Nc2ncnc3cc(OC)ccc23)c1. The summed E-state index contributed by atoms with van der Waals surface area (Å²) in [6.07, 6.45) is 1.53. The highest BCUT2D eigenvalue weighted by molar-refractivity contribution is 5.91. The zero-order valence-corrected chi connectivity index (χ0v) is 11.8. The number of hydrogen-bond acceptors (Lipinski definition) is 5. The fourth-order valence-electron chi connectivity index (χ4n) is 2.10. The Kier molecular flexibility index (Phi) is 3.55. The van der Waals surface area contributed by atoms with Crippen LogP contribution in [0, 0.1) is 0 Å². The molecule has 1 heterocycles. The van der Waals surface area contributed by atoms with Crippen LogP contribution in [-0.2, 0) is 0 Å². The predicted molar refractivity (Wildman–Crippen MR) is 82.4 cm³/mol. The average molecular weight is 281 g/mol. The van der Waals surface area contributed by atoms with E-state index in [9.17, 15) is 0 Å². The lowest BCUT2D eigenvalue weighted by Gasteiger charge is -2.10. The van der Waals surface area contributed by atoms with Gasteiger partial charge >= 0.3 is 0 Å². The molecular formula is C16H15N3O2. The normalized spacial score (nSPS) is 10.4. The second-order valence-electron chi connectivity index (χ2n) is 4.46. The fraction of sp³-hybridized carbons (Fsp3) is 0.125. The molecule has 1 N–H and O–H groups in total. The molecule has 0 aliphatic carbocycles. The van der Waals surface area contributed by atoms with Gasteiger partial charge in [0.25, 0.3) is 0 Å². The van der Waals surface area contributed by atoms with Crippen molar-refractivity contribution >= 4 is 22.4 Å². The van der Waals surface area contributed by atoms with Crippen LogP contribution in [0.25, 0.3) is 10.9 Å². The summed E-state index contributed by atoms with van der Waals surface area (Å²) in [5.41, 5.74) is 1.74. The molecule has 5 nitrogen and oxygen atoms in total. The van der Waals surface area contributed by atoms with Crippen molar-refractivity contribution in [2.75, 3.05) is 19.5 Å². The van der Waals surface area contributed by atoms with E-state index in [1.54, 1.807) is 14.2 Å². The quantitative estimate of drug-likeness (QED) is 0.794. The molecule has 0 bridgehead atoms. The van der Waals surface area contributed by atoms with E-state index in [0.29, 0.717) is 0 Å². The molecule has 106 valence electrons. The van der Waals surface area contributed by atoms with Crippen LogP contribution in [0.2, 0.25) is 0 Å². The third-order valence-corrected chi connectivity index (χ3v) is 3.18. The van der Waals surface area contributed by atoms with Crippen molar-refractivity contribution < 1.29 is 9.47 Å². The van der Waals surface area contributed by atoms with Crippen molar-refractivity contribution in [1.29, 1.82) is 0 Å². The molecule has 2 aromatic carbocycles. The number of nitrogens with zero attached hydrogens (tertiary/aromatic N) is 2. The van der Waals surface area contributed by atoms with Gasteiger partial charge in [-0.25, -0.2) is 9.97 Å². The van der Waals surface area contributed by atoms with Crippen molar-refractivity contribution in [1.82, 2.24) is 9.97 Å². The standard InChI is InChI=1S/C16H15N3O2/c1-20-12-5-3-4-11(8-12)19-16-14-7-6-13(21-2)9-15(14)17-10-18-16/h3-10H,1-2H3,(H,17,18,19). The molecule has 0 fully saturated rings. The van der Waals surface area contributed by atoms with Gasteiger partial charge in [-0.2, -0.15) is 0 Å². The van der Waals surface area contributed by atoms with E-state index in [4.69, 9.17) is 9.47 Å². The van der Waals surface area contributed by atoms with E-state index in [2.05, 4.69) is 15.3 Å². The number of methoxy groups -OCH3 is 2. The van der Waals surface area contributed by atoms with Gasteiger partial charge in [0.2, 0.25) is 0 Å². The van der Waals surface area contributed by atoms with E-state index in [1.165, 1.54) is 6.33 Å². The molecule has 5 heteroatoms. The van der Waals surface area contributed by atoms with Crippen LogP contribution in [-0.4, -0.2) is 24.2 Å². The maximum absolute atomic E-state index is 5.22. The van der Waals surface area contributed by atoms with Gasteiger partial charge in [0.05, 0.1) is 19.7 Å². The van der Waals surface area contributed by atoms with Crippen LogP contribution < -0.4 is 14.8 Å². The molecule has 0 aliphatic heterocycles. The summed E-state index contributed by atoms with van der Waals surface area (Å²) in [6, 6.07) is 13.4. The fourth-order valence-corrected chi connectivity index (χ4v) is 2.10. The monoisotopic (exact) mass is 281 g/mol. The number of nitrogens with one attached hydrogen (secondary N) is 1. The van der Waals surface area contributed by atoms with Crippen molar-refractivity contribution in [2.45, 2.75) is 0 Å². The molecule has 0 saturated heterocycles. The summed E-state index contributed by atoms with van der Waals surface area (Å²) in [7, 11) is 3.28. The van der Waals surface area contributed by atoms with Gasteiger partial charge in [-0.05, 0) is 24.3 Å². The first kappa shape index (κ1) is 13.2. The number of benzene rings is 2. The Morgan fingerprint density at radius 3 is 2.52 bits per heavy atom. The van der Waals surface area contributed by atoms with Crippen LogP contribution in [0.4, 0.5) is 11.5 Å². The number of anilines is 2. The predicted octanol–water partition coefficient (Wildman–Crippen LogP) is 3.39. The summed E-state index contributed by atoms with van der Waals surface area (Å²) >= 11 is 0. The van der Waals surface area contributed by atoms with Gasteiger partial charge in [0, 0.05) is 23.2 Å². The van der Waals surface area contributed by atoms with Crippen LogP contribution in [0.1, 0.15) is 0 Å². The minimum atomic E-state index is 0.746. The maximum atomic E-state index is 5.22. The van der Waals surface area contributed by atoms with Gasteiger partial charge in [-0.3, -0.25) is 0 Å². The van der Waals surface area contributed by atoms with Crippen LogP contribution in [0.3, 0.4) is 0 Å². The lowest BCUT2D eigenvalue weighted by atomic mass is 10.2. The second kappa shape index (κ2) is 5.66. The Bertz CT molecular complexity index is 774. The molecule has 0 aliphatic rings. The van der Waals surface area contributed by atoms with E-state index >= 15 is 0 Å². The number of aromatic nitrogens is 2. The van der Waals surface area contributed by atoms with Gasteiger partial charge in [0.15, 0.2) is 0 Å². The Morgan fingerprint density at radius 1 is 0.905 bits per heavy atom. The highest BCUT2D eigenvalue weighted by Crippen LogP contribution is 2.27. The molecule has 0 spiro atoms. The molecule has 0 radical (unpaired) electrons. The molecule has 3 rings (SSSR count). The molecule has 21 heavy (non-hydrogen) atoms. The molecule has 0 amide bonds.